The molecule has 11 heteroatoms. The van der Waals surface area contributed by atoms with E-state index in [9.17, 15) is 19.2 Å². The zero-order valence-corrected chi connectivity index (χ0v) is 26.4. The number of cyclic esters (lactones) is 1. The van der Waals surface area contributed by atoms with Crippen molar-refractivity contribution >= 4 is 35.3 Å². The van der Waals surface area contributed by atoms with E-state index < -0.39 is 47.3 Å². The lowest BCUT2D eigenvalue weighted by Gasteiger charge is -2.28. The number of benzene rings is 2. The molecule has 3 amide bonds. The molecule has 2 aliphatic heterocycles. The number of amides is 3. The molecule has 2 aromatic carbocycles. The zero-order chi connectivity index (χ0) is 32.0. The highest BCUT2D eigenvalue weighted by Crippen LogP contribution is 2.45. The van der Waals surface area contributed by atoms with Gasteiger partial charge >= 0.3 is 5.97 Å². The lowest BCUT2D eigenvalue weighted by atomic mass is 9.91. The summed E-state index contributed by atoms with van der Waals surface area (Å²) in [7, 11) is 1.51. The van der Waals surface area contributed by atoms with Crippen LogP contribution < -0.4 is 20.7 Å². The van der Waals surface area contributed by atoms with Crippen LogP contribution in [-0.4, -0.2) is 61.6 Å². The average molecular weight is 626 g/mol. The number of hydrogen-bond donors (Lipinski definition) is 3. The van der Waals surface area contributed by atoms with Crippen LogP contribution in [0.4, 0.5) is 0 Å². The van der Waals surface area contributed by atoms with E-state index >= 15 is 0 Å². The van der Waals surface area contributed by atoms with Crippen LogP contribution in [0.3, 0.4) is 0 Å². The van der Waals surface area contributed by atoms with Gasteiger partial charge in [0, 0.05) is 25.3 Å². The van der Waals surface area contributed by atoms with Crippen molar-refractivity contribution in [1.82, 2.24) is 16.0 Å². The predicted molar refractivity (Wildman–Crippen MR) is 165 cm³/mol. The van der Waals surface area contributed by atoms with Crippen molar-refractivity contribution in [2.24, 2.45) is 11.3 Å². The Hall–Kier alpha value is -3.89. The lowest BCUT2D eigenvalue weighted by Crippen LogP contribution is -2.53. The summed E-state index contributed by atoms with van der Waals surface area (Å²) < 4.78 is 17.1. The van der Waals surface area contributed by atoms with Crippen LogP contribution in [0.25, 0.3) is 0 Å². The van der Waals surface area contributed by atoms with Crippen LogP contribution >= 0.6 is 11.6 Å². The fourth-order valence-corrected chi connectivity index (χ4v) is 5.32. The molecule has 0 radical (unpaired) electrons. The largest absolute Gasteiger partial charge is 0.495 e. The van der Waals surface area contributed by atoms with E-state index in [0.717, 1.165) is 5.56 Å². The van der Waals surface area contributed by atoms with Gasteiger partial charge in [-0.2, -0.15) is 0 Å². The molecule has 6 atom stereocenters. The highest BCUT2D eigenvalue weighted by atomic mass is 35.5. The number of esters is 1. The molecule has 0 aromatic heterocycles. The van der Waals surface area contributed by atoms with Crippen LogP contribution in [0.1, 0.15) is 51.3 Å². The number of hydrogen-bond acceptors (Lipinski definition) is 7. The first-order valence-electron chi connectivity index (χ1n) is 14.7. The maximum atomic E-state index is 13.3. The Morgan fingerprint density at radius 2 is 1.80 bits per heavy atom. The van der Waals surface area contributed by atoms with Crippen LogP contribution in [0.2, 0.25) is 5.02 Å². The van der Waals surface area contributed by atoms with Gasteiger partial charge in [-0.25, -0.2) is 4.79 Å². The topological polar surface area (TPSA) is 135 Å². The van der Waals surface area contributed by atoms with Gasteiger partial charge in [0.15, 0.2) is 0 Å². The third kappa shape index (κ3) is 8.39. The number of halogens is 1. The normalized spacial score (nSPS) is 27.6. The Labute approximate surface area is 262 Å². The molecule has 44 heavy (non-hydrogen) atoms. The molecule has 0 spiro atoms. The lowest BCUT2D eigenvalue weighted by molar-refractivity contribution is -0.155. The van der Waals surface area contributed by atoms with Crippen molar-refractivity contribution in [3.8, 4) is 5.75 Å². The molecule has 1 unspecified atom stereocenters. The minimum absolute atomic E-state index is 0.0371. The SMILES string of the molecule is COc1ccc(CC2NC(=O)/C=C/C[C@@H]([C@H](C)[C@H]3O[C@@H]3c3ccccc3)OC(=O)[C@H](C)NC(=O)C(C)(C)CNC2=O)cc1Cl. The van der Waals surface area contributed by atoms with Crippen molar-refractivity contribution < 1.29 is 33.4 Å². The molecule has 2 heterocycles. The molecule has 2 aliphatic rings. The van der Waals surface area contributed by atoms with Gasteiger partial charge in [-0.3, -0.25) is 14.4 Å². The van der Waals surface area contributed by atoms with Crippen LogP contribution in [-0.2, 0) is 35.1 Å². The van der Waals surface area contributed by atoms with E-state index in [-0.39, 0.29) is 37.5 Å². The Morgan fingerprint density at radius 3 is 2.48 bits per heavy atom. The van der Waals surface area contributed by atoms with Gasteiger partial charge < -0.3 is 30.2 Å². The summed E-state index contributed by atoms with van der Waals surface area (Å²) in [5.74, 6) is -1.73. The summed E-state index contributed by atoms with van der Waals surface area (Å²) in [4.78, 5) is 52.6. The fraction of sp³-hybridized carbons (Fsp3) is 0.455. The van der Waals surface area contributed by atoms with E-state index in [2.05, 4.69) is 16.0 Å². The van der Waals surface area contributed by atoms with Crippen molar-refractivity contribution in [2.45, 2.75) is 70.9 Å². The third-order valence-corrected chi connectivity index (χ3v) is 8.27. The third-order valence-electron chi connectivity index (χ3n) is 7.97. The standard InChI is InChI=1S/C33H40ClN3O7/c1-19(28-29(44-28)22-10-7-6-8-11-22)25-12-9-13-27(38)37-24(17-21-14-15-26(42-5)23(34)16-21)30(39)35-18-33(3,4)32(41)36-20(2)31(40)43-25/h6-11,13-16,19-20,24-25,28-29H,12,17-18H2,1-5H3,(H,35,39)(H,36,41)(H,37,38)/b13-9+/t19-,20-,24?,25-,28+,29+/m0/s1. The van der Waals surface area contributed by atoms with Gasteiger partial charge in [0.2, 0.25) is 17.7 Å². The predicted octanol–water partition coefficient (Wildman–Crippen LogP) is 3.67. The van der Waals surface area contributed by atoms with Crippen LogP contribution in [0, 0.1) is 11.3 Å². The molecule has 1 saturated heterocycles. The molecule has 3 N–H and O–H groups in total. The summed E-state index contributed by atoms with van der Waals surface area (Å²) >= 11 is 6.29. The highest BCUT2D eigenvalue weighted by molar-refractivity contribution is 6.32. The number of nitrogens with one attached hydrogen (secondary N) is 3. The number of carbonyl (C=O) groups is 4. The maximum absolute atomic E-state index is 13.3. The molecular formula is C33H40ClN3O7. The quantitative estimate of drug-likeness (QED) is 0.329. The average Bonchev–Trinajstić information content (AvgIpc) is 3.80. The molecule has 10 nitrogen and oxygen atoms in total. The van der Waals surface area contributed by atoms with Crippen LogP contribution in [0.5, 0.6) is 5.75 Å². The summed E-state index contributed by atoms with van der Waals surface area (Å²) in [5, 5.41) is 8.63. The number of rotatable bonds is 6. The fourth-order valence-electron chi connectivity index (χ4n) is 5.04. The Bertz CT molecular complexity index is 1400. The second-order valence-corrected chi connectivity index (χ2v) is 12.3. The Balaban J connectivity index is 1.56. The minimum Gasteiger partial charge on any atom is -0.495 e. The molecule has 0 aliphatic carbocycles. The second-order valence-electron chi connectivity index (χ2n) is 11.9. The van der Waals surface area contributed by atoms with Crippen molar-refractivity contribution in [1.29, 1.82) is 0 Å². The maximum Gasteiger partial charge on any atom is 0.328 e. The number of epoxide rings is 1. The van der Waals surface area contributed by atoms with Gasteiger partial charge in [-0.1, -0.05) is 61.0 Å². The Morgan fingerprint density at radius 1 is 1.07 bits per heavy atom. The molecule has 2 aromatic rings. The Kier molecular flexibility index (Phi) is 10.7. The van der Waals surface area contributed by atoms with E-state index in [1.807, 2.05) is 37.3 Å². The highest BCUT2D eigenvalue weighted by Gasteiger charge is 2.47. The summed E-state index contributed by atoms with van der Waals surface area (Å²) in [6.45, 7) is 6.76. The van der Waals surface area contributed by atoms with Gasteiger partial charge in [0.05, 0.1) is 23.7 Å². The monoisotopic (exact) mass is 625 g/mol. The van der Waals surface area contributed by atoms with Gasteiger partial charge in [-0.15, -0.1) is 0 Å². The van der Waals surface area contributed by atoms with Crippen molar-refractivity contribution in [3.63, 3.8) is 0 Å². The first-order valence-corrected chi connectivity index (χ1v) is 15.1. The van der Waals surface area contributed by atoms with E-state index in [0.29, 0.717) is 16.3 Å². The van der Waals surface area contributed by atoms with Gasteiger partial charge in [0.1, 0.15) is 30.0 Å². The smallest absolute Gasteiger partial charge is 0.328 e. The number of methoxy groups -OCH3 is 1. The van der Waals surface area contributed by atoms with E-state index in [1.165, 1.54) is 13.2 Å². The van der Waals surface area contributed by atoms with Crippen molar-refractivity contribution in [2.75, 3.05) is 13.7 Å². The van der Waals surface area contributed by atoms with Crippen LogP contribution in [0.15, 0.2) is 60.7 Å². The first kappa shape index (κ1) is 33.0. The molecule has 4 rings (SSSR count). The summed E-state index contributed by atoms with van der Waals surface area (Å²) in [6.07, 6.45) is 2.37. The van der Waals surface area contributed by atoms with Gasteiger partial charge in [0.25, 0.3) is 0 Å². The molecule has 0 bridgehead atoms. The number of ether oxygens (including phenoxy) is 3. The molecule has 236 valence electrons. The van der Waals surface area contributed by atoms with E-state index in [1.54, 1.807) is 45.0 Å². The minimum atomic E-state index is -1.07. The van der Waals surface area contributed by atoms with Gasteiger partial charge in [-0.05, 0) is 50.1 Å². The zero-order valence-electron chi connectivity index (χ0n) is 25.6. The summed E-state index contributed by atoms with van der Waals surface area (Å²) in [5.41, 5.74) is 0.666. The van der Waals surface area contributed by atoms with Crippen molar-refractivity contribution in [3.05, 3.63) is 76.8 Å². The number of carbonyl (C=O) groups excluding carboxylic acids is 4. The molecule has 0 saturated carbocycles. The molecule has 1 fully saturated rings. The summed E-state index contributed by atoms with van der Waals surface area (Å²) in [6, 6.07) is 13.0. The second kappa shape index (κ2) is 14.3. The first-order chi connectivity index (χ1) is 20.9. The molecular weight excluding hydrogens is 586 g/mol. The van der Waals surface area contributed by atoms with E-state index in [4.69, 9.17) is 25.8 Å².